The number of hydrogen-bond donors (Lipinski definition) is 1. The van der Waals surface area contributed by atoms with Crippen molar-refractivity contribution in [3.63, 3.8) is 0 Å². The minimum atomic E-state index is -1.29. The Labute approximate surface area is 127 Å². The summed E-state index contributed by atoms with van der Waals surface area (Å²) in [5, 5.41) is 11.3. The second kappa shape index (κ2) is 6.29. The summed E-state index contributed by atoms with van der Waals surface area (Å²) >= 11 is 0. The lowest BCUT2D eigenvalue weighted by molar-refractivity contribution is -0.146. The van der Waals surface area contributed by atoms with E-state index in [2.05, 4.69) is 4.90 Å². The molecule has 2 aliphatic rings. The van der Waals surface area contributed by atoms with Crippen molar-refractivity contribution < 1.29 is 9.90 Å². The number of hydrogen-bond acceptors (Lipinski definition) is 3. The van der Waals surface area contributed by atoms with Gasteiger partial charge in [-0.3, -0.25) is 9.69 Å². The minimum absolute atomic E-state index is 0.0116. The van der Waals surface area contributed by atoms with Crippen molar-refractivity contribution in [2.24, 2.45) is 5.92 Å². The topological polar surface area (TPSA) is 40.5 Å². The van der Waals surface area contributed by atoms with E-state index in [0.717, 1.165) is 44.3 Å². The fourth-order valence-corrected chi connectivity index (χ4v) is 3.92. The minimum Gasteiger partial charge on any atom is -0.377 e. The van der Waals surface area contributed by atoms with Crippen molar-refractivity contribution in [2.45, 2.75) is 44.1 Å². The number of carbonyl (C=O) groups excluding carboxylic acids is 1. The molecule has 1 heterocycles. The highest BCUT2D eigenvalue weighted by atomic mass is 16.3. The fraction of sp³-hybridized carbons (Fsp3) is 0.611. The summed E-state index contributed by atoms with van der Waals surface area (Å²) in [6.45, 7) is 2.37. The van der Waals surface area contributed by atoms with Gasteiger partial charge in [0.25, 0.3) is 0 Å². The lowest BCUT2D eigenvalue weighted by Crippen LogP contribution is -2.47. The van der Waals surface area contributed by atoms with E-state index < -0.39 is 5.60 Å². The molecule has 1 aromatic carbocycles. The fourth-order valence-electron chi connectivity index (χ4n) is 3.92. The smallest absolute Gasteiger partial charge is 0.183 e. The van der Waals surface area contributed by atoms with E-state index in [9.17, 15) is 9.90 Å². The van der Waals surface area contributed by atoms with Gasteiger partial charge in [-0.05, 0) is 50.3 Å². The molecule has 1 atom stereocenters. The molecule has 3 rings (SSSR count). The van der Waals surface area contributed by atoms with Crippen LogP contribution < -0.4 is 0 Å². The molecule has 2 fully saturated rings. The Morgan fingerprint density at radius 1 is 1.10 bits per heavy atom. The lowest BCUT2D eigenvalue weighted by Gasteiger charge is -2.34. The first-order chi connectivity index (χ1) is 10.2. The first-order valence-electron chi connectivity index (χ1n) is 8.25. The molecule has 1 unspecified atom stereocenters. The maximum atomic E-state index is 12.9. The molecule has 3 nitrogen and oxygen atoms in total. The Bertz CT molecular complexity index is 475. The molecular weight excluding hydrogens is 262 g/mol. The van der Waals surface area contributed by atoms with Crippen LogP contribution in [0.2, 0.25) is 0 Å². The molecule has 0 spiro atoms. The van der Waals surface area contributed by atoms with Crippen LogP contribution in [0, 0.1) is 5.92 Å². The van der Waals surface area contributed by atoms with E-state index in [4.69, 9.17) is 0 Å². The molecule has 0 aromatic heterocycles. The zero-order chi connectivity index (χ0) is 14.7. The van der Waals surface area contributed by atoms with E-state index in [1.165, 1.54) is 12.8 Å². The van der Waals surface area contributed by atoms with Gasteiger partial charge in [-0.2, -0.15) is 0 Å². The summed E-state index contributed by atoms with van der Waals surface area (Å²) in [6.07, 6.45) is 6.49. The summed E-state index contributed by atoms with van der Waals surface area (Å²) in [5.74, 6) is 0.0671. The first kappa shape index (κ1) is 14.7. The highest BCUT2D eigenvalue weighted by molar-refractivity contribution is 5.90. The molecule has 1 N–H and O–H groups in total. The number of ketones is 1. The standard InChI is InChI=1S/C18H25NO2/c20-17(14-19-12-6-7-13-19)18(21,16-10-4-5-11-16)15-8-2-1-3-9-15/h1-3,8-9,16,21H,4-7,10-14H2. The van der Waals surface area contributed by atoms with Crippen LogP contribution in [0.5, 0.6) is 0 Å². The van der Waals surface area contributed by atoms with Gasteiger partial charge in [0.2, 0.25) is 0 Å². The molecule has 21 heavy (non-hydrogen) atoms. The van der Waals surface area contributed by atoms with Crippen molar-refractivity contribution in [1.29, 1.82) is 0 Å². The molecule has 1 aliphatic heterocycles. The molecule has 1 aromatic rings. The second-order valence-electron chi connectivity index (χ2n) is 6.52. The van der Waals surface area contributed by atoms with E-state index in [1.807, 2.05) is 30.3 Å². The van der Waals surface area contributed by atoms with E-state index in [0.29, 0.717) is 6.54 Å². The Hall–Kier alpha value is -1.19. The lowest BCUT2D eigenvalue weighted by atomic mass is 9.77. The van der Waals surface area contributed by atoms with E-state index in [-0.39, 0.29) is 11.7 Å². The van der Waals surface area contributed by atoms with Crippen LogP contribution in [-0.4, -0.2) is 35.4 Å². The maximum Gasteiger partial charge on any atom is 0.183 e. The quantitative estimate of drug-likeness (QED) is 0.905. The molecule has 1 saturated heterocycles. The normalized spacial score (nSPS) is 23.3. The van der Waals surface area contributed by atoms with Gasteiger partial charge < -0.3 is 5.11 Å². The Morgan fingerprint density at radius 2 is 1.71 bits per heavy atom. The van der Waals surface area contributed by atoms with Gasteiger partial charge in [0.15, 0.2) is 11.4 Å². The Kier molecular flexibility index (Phi) is 4.41. The van der Waals surface area contributed by atoms with Crippen LogP contribution >= 0.6 is 0 Å². The third-order valence-electron chi connectivity index (χ3n) is 5.15. The van der Waals surface area contributed by atoms with Gasteiger partial charge in [0.05, 0.1) is 6.54 Å². The predicted molar refractivity (Wildman–Crippen MR) is 83.0 cm³/mol. The van der Waals surface area contributed by atoms with Gasteiger partial charge in [-0.25, -0.2) is 0 Å². The van der Waals surface area contributed by atoms with Crippen LogP contribution in [0.25, 0.3) is 0 Å². The van der Waals surface area contributed by atoms with E-state index >= 15 is 0 Å². The summed E-state index contributed by atoms with van der Waals surface area (Å²) < 4.78 is 0. The van der Waals surface area contributed by atoms with Gasteiger partial charge in [-0.1, -0.05) is 43.2 Å². The number of rotatable bonds is 5. The molecule has 3 heteroatoms. The monoisotopic (exact) mass is 287 g/mol. The SMILES string of the molecule is O=C(CN1CCCC1)C(O)(c1ccccc1)C1CCCC1. The van der Waals surface area contributed by atoms with Crippen LogP contribution in [0.15, 0.2) is 30.3 Å². The highest BCUT2D eigenvalue weighted by Gasteiger charge is 2.46. The Balaban J connectivity index is 1.86. The summed E-state index contributed by atoms with van der Waals surface area (Å²) in [6, 6.07) is 9.57. The largest absolute Gasteiger partial charge is 0.377 e. The summed E-state index contributed by atoms with van der Waals surface area (Å²) in [5.41, 5.74) is -0.513. The molecule has 0 amide bonds. The number of Topliss-reactive ketones (excluding diaryl/α,β-unsaturated/α-hetero) is 1. The summed E-state index contributed by atoms with van der Waals surface area (Å²) in [7, 11) is 0. The van der Waals surface area contributed by atoms with Gasteiger partial charge in [0, 0.05) is 0 Å². The van der Waals surface area contributed by atoms with Gasteiger partial charge in [-0.15, -0.1) is 0 Å². The Morgan fingerprint density at radius 3 is 2.33 bits per heavy atom. The third kappa shape index (κ3) is 2.90. The molecule has 0 radical (unpaired) electrons. The highest BCUT2D eigenvalue weighted by Crippen LogP contribution is 2.41. The van der Waals surface area contributed by atoms with Crippen molar-refractivity contribution in [2.75, 3.05) is 19.6 Å². The zero-order valence-corrected chi connectivity index (χ0v) is 12.6. The second-order valence-corrected chi connectivity index (χ2v) is 6.52. The summed E-state index contributed by atoms with van der Waals surface area (Å²) in [4.78, 5) is 15.1. The van der Waals surface area contributed by atoms with Crippen LogP contribution in [0.4, 0.5) is 0 Å². The van der Waals surface area contributed by atoms with E-state index in [1.54, 1.807) is 0 Å². The number of carbonyl (C=O) groups is 1. The van der Waals surface area contributed by atoms with Crippen LogP contribution in [0.1, 0.15) is 44.1 Å². The number of aliphatic hydroxyl groups is 1. The maximum absolute atomic E-state index is 12.9. The number of benzene rings is 1. The zero-order valence-electron chi connectivity index (χ0n) is 12.6. The number of likely N-dealkylation sites (tertiary alicyclic amines) is 1. The van der Waals surface area contributed by atoms with Crippen molar-refractivity contribution in [3.8, 4) is 0 Å². The van der Waals surface area contributed by atoms with Gasteiger partial charge in [0.1, 0.15) is 0 Å². The molecule has 1 saturated carbocycles. The predicted octanol–water partition coefficient (Wildman–Crippen LogP) is 2.73. The van der Waals surface area contributed by atoms with Crippen molar-refractivity contribution in [1.82, 2.24) is 4.90 Å². The molecule has 0 bridgehead atoms. The molecular formula is C18H25NO2. The van der Waals surface area contributed by atoms with Crippen LogP contribution in [0.3, 0.4) is 0 Å². The molecule has 114 valence electrons. The number of nitrogens with zero attached hydrogens (tertiary/aromatic N) is 1. The van der Waals surface area contributed by atoms with Crippen LogP contribution in [-0.2, 0) is 10.4 Å². The van der Waals surface area contributed by atoms with Gasteiger partial charge >= 0.3 is 0 Å². The van der Waals surface area contributed by atoms with Crippen molar-refractivity contribution >= 4 is 5.78 Å². The molecule has 1 aliphatic carbocycles. The average Bonchev–Trinajstić information content (AvgIpc) is 3.20. The average molecular weight is 287 g/mol. The third-order valence-corrected chi connectivity index (χ3v) is 5.15. The first-order valence-corrected chi connectivity index (χ1v) is 8.25. The van der Waals surface area contributed by atoms with Crippen molar-refractivity contribution in [3.05, 3.63) is 35.9 Å².